The van der Waals surface area contributed by atoms with Gasteiger partial charge in [-0.15, -0.1) is 0 Å². The smallest absolute Gasteiger partial charge is 0.252 e. The maximum absolute atomic E-state index is 12.0. The molecule has 1 saturated heterocycles. The molecule has 23 heavy (non-hydrogen) atoms. The Labute approximate surface area is 136 Å². The first-order valence-corrected chi connectivity index (χ1v) is 8.49. The second-order valence-corrected chi connectivity index (χ2v) is 6.37. The molecule has 0 amide bonds. The minimum Gasteiger partial charge on any atom is -0.342 e. The lowest BCUT2D eigenvalue weighted by Gasteiger charge is -2.21. The van der Waals surface area contributed by atoms with Gasteiger partial charge in [-0.2, -0.15) is 5.10 Å². The Morgan fingerprint density at radius 3 is 2.52 bits per heavy atom. The van der Waals surface area contributed by atoms with Crippen LogP contribution in [0, 0.1) is 13.8 Å². The van der Waals surface area contributed by atoms with Gasteiger partial charge in [-0.05, 0) is 45.1 Å². The van der Waals surface area contributed by atoms with E-state index >= 15 is 0 Å². The Morgan fingerprint density at radius 1 is 1.13 bits per heavy atom. The standard InChI is InChI=1S/C17H25N5O/c1-12-15(13(2)21-20-12)8-7-14-11-16(23)19-17(18-14)22-9-5-3-4-6-10-22/h11H,3-10H2,1-2H3,(H,20,21)(H,18,19,23). The van der Waals surface area contributed by atoms with Gasteiger partial charge < -0.3 is 4.90 Å². The Balaban J connectivity index is 1.76. The fourth-order valence-corrected chi connectivity index (χ4v) is 3.25. The van der Waals surface area contributed by atoms with Gasteiger partial charge in [0.05, 0.1) is 11.4 Å². The summed E-state index contributed by atoms with van der Waals surface area (Å²) >= 11 is 0. The van der Waals surface area contributed by atoms with Crippen LogP contribution in [-0.4, -0.2) is 33.3 Å². The highest BCUT2D eigenvalue weighted by atomic mass is 16.1. The van der Waals surface area contributed by atoms with Crippen molar-refractivity contribution in [2.75, 3.05) is 18.0 Å². The molecular weight excluding hydrogens is 290 g/mol. The lowest BCUT2D eigenvalue weighted by Crippen LogP contribution is -2.28. The number of nitrogens with zero attached hydrogens (tertiary/aromatic N) is 3. The van der Waals surface area contributed by atoms with Crippen LogP contribution in [0.5, 0.6) is 0 Å². The zero-order chi connectivity index (χ0) is 16.2. The van der Waals surface area contributed by atoms with Crippen molar-refractivity contribution in [2.45, 2.75) is 52.4 Å². The first kappa shape index (κ1) is 15.8. The molecule has 0 atom stereocenters. The first-order valence-electron chi connectivity index (χ1n) is 8.49. The molecule has 2 aromatic heterocycles. The highest BCUT2D eigenvalue weighted by molar-refractivity contribution is 5.31. The van der Waals surface area contributed by atoms with Crippen LogP contribution in [0.1, 0.15) is 48.3 Å². The lowest BCUT2D eigenvalue weighted by atomic mass is 10.1. The monoisotopic (exact) mass is 315 g/mol. The van der Waals surface area contributed by atoms with E-state index < -0.39 is 0 Å². The quantitative estimate of drug-likeness (QED) is 0.907. The number of aromatic amines is 2. The number of aromatic nitrogens is 4. The normalized spacial score (nSPS) is 15.7. The molecule has 2 N–H and O–H groups in total. The summed E-state index contributed by atoms with van der Waals surface area (Å²) in [6.07, 6.45) is 6.47. The molecule has 1 aliphatic heterocycles. The predicted octanol–water partition coefficient (Wildman–Crippen LogP) is 2.28. The number of H-pyrrole nitrogens is 2. The third-order valence-electron chi connectivity index (χ3n) is 4.60. The second-order valence-electron chi connectivity index (χ2n) is 6.37. The summed E-state index contributed by atoms with van der Waals surface area (Å²) in [4.78, 5) is 21.8. The van der Waals surface area contributed by atoms with Crippen LogP contribution in [0.25, 0.3) is 0 Å². The van der Waals surface area contributed by atoms with Crippen LogP contribution in [0.4, 0.5) is 5.95 Å². The third-order valence-corrected chi connectivity index (χ3v) is 4.60. The molecule has 2 aromatic rings. The number of rotatable bonds is 4. The SMILES string of the molecule is Cc1n[nH]c(C)c1CCc1cc(=O)[nH]c(N2CCCCCC2)n1. The topological polar surface area (TPSA) is 77.7 Å². The first-order chi connectivity index (χ1) is 11.1. The third kappa shape index (κ3) is 3.81. The number of nitrogens with one attached hydrogen (secondary N) is 2. The number of hydrogen-bond acceptors (Lipinski definition) is 4. The Morgan fingerprint density at radius 2 is 1.87 bits per heavy atom. The summed E-state index contributed by atoms with van der Waals surface area (Å²) in [6.45, 7) is 5.99. The molecule has 1 fully saturated rings. The summed E-state index contributed by atoms with van der Waals surface area (Å²) in [5, 5.41) is 7.23. The van der Waals surface area contributed by atoms with E-state index in [1.54, 1.807) is 6.07 Å². The van der Waals surface area contributed by atoms with E-state index in [0.29, 0.717) is 0 Å². The second kappa shape index (κ2) is 6.98. The van der Waals surface area contributed by atoms with Gasteiger partial charge in [0, 0.05) is 24.8 Å². The highest BCUT2D eigenvalue weighted by Gasteiger charge is 2.14. The van der Waals surface area contributed by atoms with Gasteiger partial charge in [0.25, 0.3) is 5.56 Å². The van der Waals surface area contributed by atoms with E-state index in [1.807, 2.05) is 13.8 Å². The summed E-state index contributed by atoms with van der Waals surface area (Å²) in [6, 6.07) is 1.62. The van der Waals surface area contributed by atoms with Crippen LogP contribution >= 0.6 is 0 Å². The molecule has 124 valence electrons. The van der Waals surface area contributed by atoms with Gasteiger partial charge in [-0.1, -0.05) is 12.8 Å². The van der Waals surface area contributed by atoms with Gasteiger partial charge >= 0.3 is 0 Å². The van der Waals surface area contributed by atoms with Crippen LogP contribution in [-0.2, 0) is 12.8 Å². The van der Waals surface area contributed by atoms with Crippen molar-refractivity contribution in [1.29, 1.82) is 0 Å². The van der Waals surface area contributed by atoms with E-state index in [2.05, 4.69) is 20.1 Å². The molecule has 0 radical (unpaired) electrons. The van der Waals surface area contributed by atoms with Gasteiger partial charge in [0.2, 0.25) is 5.95 Å². The minimum atomic E-state index is -0.0603. The maximum atomic E-state index is 12.0. The van der Waals surface area contributed by atoms with Crippen molar-refractivity contribution >= 4 is 5.95 Å². The van der Waals surface area contributed by atoms with Crippen molar-refractivity contribution in [3.05, 3.63) is 39.1 Å². The van der Waals surface area contributed by atoms with Gasteiger partial charge in [0.1, 0.15) is 0 Å². The lowest BCUT2D eigenvalue weighted by molar-refractivity contribution is 0.726. The number of aryl methyl sites for hydroxylation is 3. The molecule has 0 aromatic carbocycles. The van der Waals surface area contributed by atoms with Gasteiger partial charge in [-0.3, -0.25) is 14.9 Å². The molecule has 3 rings (SSSR count). The van der Waals surface area contributed by atoms with Gasteiger partial charge in [0.15, 0.2) is 0 Å². The minimum absolute atomic E-state index is 0.0603. The summed E-state index contributed by atoms with van der Waals surface area (Å²) < 4.78 is 0. The van der Waals surface area contributed by atoms with E-state index in [4.69, 9.17) is 4.98 Å². The van der Waals surface area contributed by atoms with E-state index in [9.17, 15) is 4.79 Å². The summed E-state index contributed by atoms with van der Waals surface area (Å²) in [5.74, 6) is 0.732. The molecular formula is C17H25N5O. The predicted molar refractivity (Wildman–Crippen MR) is 91.0 cm³/mol. The maximum Gasteiger partial charge on any atom is 0.252 e. The molecule has 6 heteroatoms. The molecule has 0 bridgehead atoms. The number of anilines is 1. The fraction of sp³-hybridized carbons (Fsp3) is 0.588. The number of hydrogen-bond donors (Lipinski definition) is 2. The summed E-state index contributed by atoms with van der Waals surface area (Å²) in [5.41, 5.74) is 4.14. The van der Waals surface area contributed by atoms with E-state index in [1.165, 1.54) is 31.2 Å². The molecule has 0 unspecified atom stereocenters. The van der Waals surface area contributed by atoms with Gasteiger partial charge in [-0.25, -0.2) is 4.98 Å². The molecule has 0 aliphatic carbocycles. The van der Waals surface area contributed by atoms with Crippen molar-refractivity contribution in [3.63, 3.8) is 0 Å². The molecule has 1 aliphatic rings. The van der Waals surface area contributed by atoms with Crippen molar-refractivity contribution in [1.82, 2.24) is 20.2 Å². The molecule has 0 spiro atoms. The Bertz CT molecular complexity index is 691. The molecule has 3 heterocycles. The van der Waals surface area contributed by atoms with Crippen molar-refractivity contribution in [2.24, 2.45) is 0 Å². The average Bonchev–Trinajstić information content (AvgIpc) is 2.73. The van der Waals surface area contributed by atoms with Crippen molar-refractivity contribution in [3.8, 4) is 0 Å². The fourth-order valence-electron chi connectivity index (χ4n) is 3.25. The zero-order valence-electron chi connectivity index (χ0n) is 14.0. The molecule has 0 saturated carbocycles. The Hall–Kier alpha value is -2.11. The van der Waals surface area contributed by atoms with E-state index in [-0.39, 0.29) is 5.56 Å². The summed E-state index contributed by atoms with van der Waals surface area (Å²) in [7, 11) is 0. The largest absolute Gasteiger partial charge is 0.342 e. The van der Waals surface area contributed by atoms with Crippen LogP contribution in [0.15, 0.2) is 10.9 Å². The van der Waals surface area contributed by atoms with Crippen LogP contribution in [0.2, 0.25) is 0 Å². The van der Waals surface area contributed by atoms with Crippen molar-refractivity contribution < 1.29 is 0 Å². The Kier molecular flexibility index (Phi) is 4.79. The van der Waals surface area contributed by atoms with Crippen LogP contribution < -0.4 is 10.5 Å². The van der Waals surface area contributed by atoms with Crippen LogP contribution in [0.3, 0.4) is 0 Å². The highest BCUT2D eigenvalue weighted by Crippen LogP contribution is 2.16. The van der Waals surface area contributed by atoms with E-state index in [0.717, 1.165) is 49.0 Å². The average molecular weight is 315 g/mol. The molecule has 6 nitrogen and oxygen atoms in total. The zero-order valence-corrected chi connectivity index (χ0v) is 14.0.